The van der Waals surface area contributed by atoms with Gasteiger partial charge in [0.1, 0.15) is 6.33 Å². The Morgan fingerprint density at radius 3 is 2.83 bits per heavy atom. The highest BCUT2D eigenvalue weighted by Crippen LogP contribution is 2.29. The highest BCUT2D eigenvalue weighted by Gasteiger charge is 2.10. The second-order valence-electron chi connectivity index (χ2n) is 4.62. The molecule has 1 aromatic heterocycles. The van der Waals surface area contributed by atoms with Crippen molar-refractivity contribution in [1.29, 1.82) is 0 Å². The summed E-state index contributed by atoms with van der Waals surface area (Å²) in [5.41, 5.74) is 8.44. The Morgan fingerprint density at radius 2 is 2.22 bits per heavy atom. The lowest BCUT2D eigenvalue weighted by atomic mass is 10.1. The summed E-state index contributed by atoms with van der Waals surface area (Å²) in [5, 5.41) is 8.89. The zero-order valence-electron chi connectivity index (χ0n) is 10.9. The van der Waals surface area contributed by atoms with Gasteiger partial charge < -0.3 is 10.3 Å². The summed E-state index contributed by atoms with van der Waals surface area (Å²) in [5.74, 6) is 0. The third kappa shape index (κ3) is 3.11. The van der Waals surface area contributed by atoms with Crippen LogP contribution in [0.5, 0.6) is 0 Å². The van der Waals surface area contributed by atoms with Gasteiger partial charge in [-0.05, 0) is 43.7 Å². The topological polar surface area (TPSA) is 56.7 Å². The van der Waals surface area contributed by atoms with Crippen molar-refractivity contribution >= 4 is 11.8 Å². The van der Waals surface area contributed by atoms with Gasteiger partial charge in [-0.1, -0.05) is 17.7 Å². The van der Waals surface area contributed by atoms with E-state index < -0.39 is 0 Å². The molecule has 5 heteroatoms. The van der Waals surface area contributed by atoms with Gasteiger partial charge in [-0.25, -0.2) is 0 Å². The van der Waals surface area contributed by atoms with Crippen LogP contribution in [0, 0.1) is 6.92 Å². The van der Waals surface area contributed by atoms with E-state index in [4.69, 9.17) is 5.73 Å². The van der Waals surface area contributed by atoms with E-state index in [0.29, 0.717) is 0 Å². The van der Waals surface area contributed by atoms with Crippen molar-refractivity contribution < 1.29 is 0 Å². The third-order valence-corrected chi connectivity index (χ3v) is 3.80. The van der Waals surface area contributed by atoms with E-state index in [0.717, 1.165) is 11.6 Å². The molecular weight excluding hydrogens is 244 g/mol. The molecule has 0 radical (unpaired) electrons. The molecule has 18 heavy (non-hydrogen) atoms. The highest BCUT2D eigenvalue weighted by atomic mass is 32.2. The highest BCUT2D eigenvalue weighted by molar-refractivity contribution is 7.99. The van der Waals surface area contributed by atoms with E-state index in [1.165, 1.54) is 16.0 Å². The molecule has 2 N–H and O–H groups in total. The fourth-order valence-electron chi connectivity index (χ4n) is 1.78. The molecule has 1 atom stereocenters. The lowest BCUT2D eigenvalue weighted by Crippen LogP contribution is -2.18. The average Bonchev–Trinajstić information content (AvgIpc) is 2.67. The van der Waals surface area contributed by atoms with Gasteiger partial charge in [0, 0.05) is 18.0 Å². The first-order chi connectivity index (χ1) is 8.56. The van der Waals surface area contributed by atoms with Gasteiger partial charge in [0.25, 0.3) is 0 Å². The van der Waals surface area contributed by atoms with Crippen molar-refractivity contribution in [3.05, 3.63) is 35.7 Å². The largest absolute Gasteiger partial charge is 0.328 e. The number of nitrogens with zero attached hydrogens (tertiary/aromatic N) is 3. The molecule has 0 bridgehead atoms. The van der Waals surface area contributed by atoms with Crippen molar-refractivity contribution in [2.75, 3.05) is 0 Å². The zero-order chi connectivity index (χ0) is 13.1. The van der Waals surface area contributed by atoms with Crippen LogP contribution in [-0.2, 0) is 13.5 Å². The van der Waals surface area contributed by atoms with Gasteiger partial charge >= 0.3 is 0 Å². The molecule has 96 valence electrons. The Morgan fingerprint density at radius 1 is 1.44 bits per heavy atom. The van der Waals surface area contributed by atoms with Crippen molar-refractivity contribution in [2.24, 2.45) is 12.8 Å². The Balaban J connectivity index is 2.29. The van der Waals surface area contributed by atoms with Crippen LogP contribution in [0.2, 0.25) is 0 Å². The van der Waals surface area contributed by atoms with E-state index in [1.54, 1.807) is 18.1 Å². The minimum Gasteiger partial charge on any atom is -0.328 e. The Hall–Kier alpha value is -1.33. The van der Waals surface area contributed by atoms with Gasteiger partial charge in [-0.3, -0.25) is 0 Å². The monoisotopic (exact) mass is 262 g/mol. The Bertz CT molecular complexity index is 534. The molecule has 0 saturated carbocycles. The van der Waals surface area contributed by atoms with Crippen molar-refractivity contribution in [2.45, 2.75) is 36.4 Å². The maximum atomic E-state index is 5.90. The number of aryl methyl sites for hydroxylation is 2. The summed E-state index contributed by atoms with van der Waals surface area (Å²) in [7, 11) is 1.95. The fourth-order valence-corrected chi connectivity index (χ4v) is 2.66. The van der Waals surface area contributed by atoms with Gasteiger partial charge in [-0.15, -0.1) is 10.2 Å². The van der Waals surface area contributed by atoms with Gasteiger partial charge in [0.15, 0.2) is 5.16 Å². The summed E-state index contributed by atoms with van der Waals surface area (Å²) in [6, 6.07) is 6.60. The molecule has 0 amide bonds. The quantitative estimate of drug-likeness (QED) is 0.917. The molecule has 0 aliphatic rings. The van der Waals surface area contributed by atoms with Crippen LogP contribution in [0.15, 0.2) is 34.6 Å². The van der Waals surface area contributed by atoms with E-state index >= 15 is 0 Å². The molecule has 0 spiro atoms. The third-order valence-electron chi connectivity index (χ3n) is 2.63. The van der Waals surface area contributed by atoms with Crippen molar-refractivity contribution in [1.82, 2.24) is 14.8 Å². The molecule has 0 aliphatic carbocycles. The van der Waals surface area contributed by atoms with Gasteiger partial charge in [-0.2, -0.15) is 0 Å². The van der Waals surface area contributed by atoms with Crippen LogP contribution in [0.25, 0.3) is 0 Å². The first kappa shape index (κ1) is 13.1. The number of hydrogen-bond donors (Lipinski definition) is 1. The fraction of sp³-hybridized carbons (Fsp3) is 0.385. The van der Waals surface area contributed by atoms with E-state index in [-0.39, 0.29) is 6.04 Å². The minimum absolute atomic E-state index is 0.158. The van der Waals surface area contributed by atoms with E-state index in [2.05, 4.69) is 35.3 Å². The molecule has 1 unspecified atom stereocenters. The van der Waals surface area contributed by atoms with Crippen LogP contribution in [-0.4, -0.2) is 20.8 Å². The maximum Gasteiger partial charge on any atom is 0.195 e. The second kappa shape index (κ2) is 5.54. The molecule has 4 nitrogen and oxygen atoms in total. The zero-order valence-corrected chi connectivity index (χ0v) is 11.7. The first-order valence-corrected chi connectivity index (χ1v) is 6.75. The number of aromatic nitrogens is 3. The molecular formula is C13H18N4S. The molecule has 2 rings (SSSR count). The minimum atomic E-state index is 0.158. The lowest BCUT2D eigenvalue weighted by molar-refractivity contribution is 0.727. The van der Waals surface area contributed by atoms with Gasteiger partial charge in [0.05, 0.1) is 0 Å². The molecule has 0 aliphatic heterocycles. The van der Waals surface area contributed by atoms with Crippen LogP contribution in [0.4, 0.5) is 0 Å². The number of hydrogen-bond acceptors (Lipinski definition) is 4. The molecule has 2 aromatic rings. The predicted octanol–water partition coefficient (Wildman–Crippen LogP) is 2.16. The van der Waals surface area contributed by atoms with Gasteiger partial charge in [0.2, 0.25) is 0 Å². The number of rotatable bonds is 4. The van der Waals surface area contributed by atoms with Crippen LogP contribution < -0.4 is 5.73 Å². The van der Waals surface area contributed by atoms with Crippen molar-refractivity contribution in [3.8, 4) is 0 Å². The standard InChI is InChI=1S/C13H18N4S/c1-9-4-5-12(11(6-9)7-10(2)14)18-13-16-15-8-17(13)3/h4-6,8,10H,7,14H2,1-3H3. The molecule has 1 heterocycles. The Kier molecular flexibility index (Phi) is 4.04. The summed E-state index contributed by atoms with van der Waals surface area (Å²) < 4.78 is 1.92. The maximum absolute atomic E-state index is 5.90. The van der Waals surface area contributed by atoms with Crippen molar-refractivity contribution in [3.63, 3.8) is 0 Å². The second-order valence-corrected chi connectivity index (χ2v) is 5.63. The SMILES string of the molecule is Cc1ccc(Sc2nncn2C)c(CC(C)N)c1. The predicted molar refractivity (Wildman–Crippen MR) is 73.7 cm³/mol. The number of nitrogens with two attached hydrogens (primary N) is 1. The average molecular weight is 262 g/mol. The smallest absolute Gasteiger partial charge is 0.195 e. The van der Waals surface area contributed by atoms with E-state index in [9.17, 15) is 0 Å². The molecule has 1 aromatic carbocycles. The summed E-state index contributed by atoms with van der Waals surface area (Å²) in [6.45, 7) is 4.13. The van der Waals surface area contributed by atoms with Crippen LogP contribution in [0.3, 0.4) is 0 Å². The summed E-state index contributed by atoms with van der Waals surface area (Å²) in [6.07, 6.45) is 2.59. The lowest BCUT2D eigenvalue weighted by Gasteiger charge is -2.11. The summed E-state index contributed by atoms with van der Waals surface area (Å²) in [4.78, 5) is 1.20. The first-order valence-electron chi connectivity index (χ1n) is 5.93. The summed E-state index contributed by atoms with van der Waals surface area (Å²) >= 11 is 1.63. The van der Waals surface area contributed by atoms with Crippen LogP contribution in [0.1, 0.15) is 18.1 Å². The molecule has 0 saturated heterocycles. The Labute approximate surface area is 112 Å². The molecule has 0 fully saturated rings. The number of benzene rings is 1. The van der Waals surface area contributed by atoms with Crippen LogP contribution >= 0.6 is 11.8 Å². The normalized spacial score (nSPS) is 12.7. The van der Waals surface area contributed by atoms with E-state index in [1.807, 2.05) is 18.5 Å².